The van der Waals surface area contributed by atoms with Crippen molar-refractivity contribution in [3.05, 3.63) is 45.1 Å². The SMILES string of the molecule is C[C@@H](NC(=O)Cn1c(=O)[nH]c2ccccc2c1=O)C(=O)O. The lowest BCUT2D eigenvalue weighted by Crippen LogP contribution is -2.44. The average Bonchev–Trinajstić information content (AvgIpc) is 2.43. The number of benzene rings is 1. The summed E-state index contributed by atoms with van der Waals surface area (Å²) in [5.74, 6) is -1.93. The van der Waals surface area contributed by atoms with Gasteiger partial charge in [-0.3, -0.25) is 19.0 Å². The molecule has 0 aliphatic carbocycles. The molecule has 0 saturated heterocycles. The lowest BCUT2D eigenvalue weighted by atomic mass is 10.2. The van der Waals surface area contributed by atoms with Crippen molar-refractivity contribution in [1.82, 2.24) is 14.9 Å². The average molecular weight is 291 g/mol. The van der Waals surface area contributed by atoms with Crippen LogP contribution in [0.2, 0.25) is 0 Å². The van der Waals surface area contributed by atoms with Crippen LogP contribution in [0.15, 0.2) is 33.9 Å². The number of carboxylic acids is 1. The lowest BCUT2D eigenvalue weighted by Gasteiger charge is -2.10. The minimum absolute atomic E-state index is 0.274. The summed E-state index contributed by atoms with van der Waals surface area (Å²) in [6.07, 6.45) is 0. The first-order chi connectivity index (χ1) is 9.90. The molecule has 1 aromatic carbocycles. The Labute approximate surface area is 118 Å². The van der Waals surface area contributed by atoms with E-state index >= 15 is 0 Å². The van der Waals surface area contributed by atoms with E-state index in [1.807, 2.05) is 0 Å². The van der Waals surface area contributed by atoms with Crippen molar-refractivity contribution in [2.45, 2.75) is 19.5 Å². The molecule has 2 aromatic rings. The third-order valence-corrected chi connectivity index (χ3v) is 2.94. The highest BCUT2D eigenvalue weighted by Crippen LogP contribution is 2.02. The summed E-state index contributed by atoms with van der Waals surface area (Å²) in [6, 6.07) is 5.31. The largest absolute Gasteiger partial charge is 0.480 e. The van der Waals surface area contributed by atoms with E-state index in [-0.39, 0.29) is 5.39 Å². The van der Waals surface area contributed by atoms with Gasteiger partial charge in [-0.25, -0.2) is 4.79 Å². The Hall–Kier alpha value is -2.90. The highest BCUT2D eigenvalue weighted by molar-refractivity contribution is 5.83. The van der Waals surface area contributed by atoms with Crippen LogP contribution in [-0.2, 0) is 16.1 Å². The van der Waals surface area contributed by atoms with Gasteiger partial charge >= 0.3 is 11.7 Å². The normalized spacial score (nSPS) is 12.0. The Morgan fingerprint density at radius 3 is 2.67 bits per heavy atom. The van der Waals surface area contributed by atoms with Crippen LogP contribution < -0.4 is 16.6 Å². The molecule has 1 atom stereocenters. The second-order valence-electron chi connectivity index (χ2n) is 4.49. The number of fused-ring (bicyclic) bond motifs is 1. The predicted octanol–water partition coefficient (Wildman–Crippen LogP) is -0.721. The third kappa shape index (κ3) is 2.99. The van der Waals surface area contributed by atoms with Gasteiger partial charge in [-0.05, 0) is 19.1 Å². The zero-order valence-corrected chi connectivity index (χ0v) is 11.1. The summed E-state index contributed by atoms with van der Waals surface area (Å²) in [6.45, 7) is 0.740. The van der Waals surface area contributed by atoms with Gasteiger partial charge in [0, 0.05) is 0 Å². The molecule has 0 fully saturated rings. The first-order valence-corrected chi connectivity index (χ1v) is 6.14. The topological polar surface area (TPSA) is 121 Å². The van der Waals surface area contributed by atoms with Crippen LogP contribution in [0.4, 0.5) is 0 Å². The maximum atomic E-state index is 12.2. The molecule has 0 saturated carbocycles. The molecule has 1 aromatic heterocycles. The van der Waals surface area contributed by atoms with Crippen LogP contribution in [0, 0.1) is 0 Å². The fraction of sp³-hybridized carbons (Fsp3) is 0.231. The summed E-state index contributed by atoms with van der Waals surface area (Å²) in [5.41, 5.74) is -0.952. The van der Waals surface area contributed by atoms with Gasteiger partial charge in [0.1, 0.15) is 12.6 Å². The second-order valence-corrected chi connectivity index (χ2v) is 4.49. The smallest absolute Gasteiger partial charge is 0.329 e. The molecule has 0 aliphatic rings. The fourth-order valence-corrected chi connectivity index (χ4v) is 1.83. The Balaban J connectivity index is 2.35. The van der Waals surface area contributed by atoms with Crippen molar-refractivity contribution in [3.63, 3.8) is 0 Å². The summed E-state index contributed by atoms with van der Waals surface area (Å²) < 4.78 is 0.728. The van der Waals surface area contributed by atoms with Gasteiger partial charge in [-0.2, -0.15) is 0 Å². The maximum Gasteiger partial charge on any atom is 0.329 e. The van der Waals surface area contributed by atoms with Crippen LogP contribution in [0.1, 0.15) is 6.92 Å². The predicted molar refractivity (Wildman–Crippen MR) is 74.1 cm³/mol. The molecular formula is C13H13N3O5. The number of rotatable bonds is 4. The van der Waals surface area contributed by atoms with Crippen molar-refractivity contribution < 1.29 is 14.7 Å². The summed E-state index contributed by atoms with van der Waals surface area (Å²) >= 11 is 0. The monoisotopic (exact) mass is 291 g/mol. The summed E-state index contributed by atoms with van der Waals surface area (Å²) in [4.78, 5) is 48.8. The van der Waals surface area contributed by atoms with Crippen LogP contribution in [0.5, 0.6) is 0 Å². The highest BCUT2D eigenvalue weighted by Gasteiger charge is 2.16. The number of H-pyrrole nitrogens is 1. The number of carbonyl (C=O) groups is 2. The van der Waals surface area contributed by atoms with Crippen LogP contribution in [-0.4, -0.2) is 32.6 Å². The number of aromatic nitrogens is 2. The van der Waals surface area contributed by atoms with Crippen molar-refractivity contribution in [2.75, 3.05) is 0 Å². The first kappa shape index (κ1) is 14.5. The molecule has 21 heavy (non-hydrogen) atoms. The quantitative estimate of drug-likeness (QED) is 0.686. The molecule has 0 unspecified atom stereocenters. The first-order valence-electron chi connectivity index (χ1n) is 6.14. The van der Waals surface area contributed by atoms with E-state index in [2.05, 4.69) is 10.3 Å². The van der Waals surface area contributed by atoms with Gasteiger partial charge in [-0.15, -0.1) is 0 Å². The number of para-hydroxylation sites is 1. The minimum atomic E-state index is -1.21. The Morgan fingerprint density at radius 2 is 2.00 bits per heavy atom. The molecule has 3 N–H and O–H groups in total. The standard InChI is InChI=1S/C13H13N3O5/c1-7(12(19)20)14-10(17)6-16-11(18)8-4-2-3-5-9(8)15-13(16)21/h2-5,7H,6H2,1H3,(H,14,17)(H,15,21)(H,19,20)/t7-/m1/s1. The van der Waals surface area contributed by atoms with E-state index < -0.39 is 35.7 Å². The number of hydrogen-bond acceptors (Lipinski definition) is 4. The van der Waals surface area contributed by atoms with Crippen LogP contribution in [0.25, 0.3) is 10.9 Å². The van der Waals surface area contributed by atoms with Crippen molar-refractivity contribution in [3.8, 4) is 0 Å². The molecule has 110 valence electrons. The number of aliphatic carboxylic acids is 1. The number of carboxylic acid groups (broad SMARTS) is 1. The van der Waals surface area contributed by atoms with Gasteiger partial charge in [0.2, 0.25) is 5.91 Å². The zero-order chi connectivity index (χ0) is 15.6. The van der Waals surface area contributed by atoms with Gasteiger partial charge in [0.25, 0.3) is 5.56 Å². The number of amides is 1. The molecule has 1 amide bonds. The molecule has 1 heterocycles. The Kier molecular flexibility index (Phi) is 3.88. The molecule has 2 rings (SSSR count). The highest BCUT2D eigenvalue weighted by atomic mass is 16.4. The van der Waals surface area contributed by atoms with Crippen molar-refractivity contribution >= 4 is 22.8 Å². The maximum absolute atomic E-state index is 12.2. The van der Waals surface area contributed by atoms with Gasteiger partial charge in [0.05, 0.1) is 10.9 Å². The van der Waals surface area contributed by atoms with Crippen molar-refractivity contribution in [1.29, 1.82) is 0 Å². The number of nitrogens with one attached hydrogen (secondary N) is 2. The molecular weight excluding hydrogens is 278 g/mol. The third-order valence-electron chi connectivity index (χ3n) is 2.94. The van der Waals surface area contributed by atoms with E-state index in [0.717, 1.165) is 4.57 Å². The van der Waals surface area contributed by atoms with E-state index in [1.54, 1.807) is 18.2 Å². The number of carbonyl (C=O) groups excluding carboxylic acids is 1. The molecule has 0 aliphatic heterocycles. The minimum Gasteiger partial charge on any atom is -0.480 e. The molecule has 0 radical (unpaired) electrons. The van der Waals surface area contributed by atoms with E-state index in [4.69, 9.17) is 5.11 Å². The fourth-order valence-electron chi connectivity index (χ4n) is 1.83. The van der Waals surface area contributed by atoms with E-state index in [1.165, 1.54) is 13.0 Å². The Morgan fingerprint density at radius 1 is 1.33 bits per heavy atom. The van der Waals surface area contributed by atoms with Gasteiger partial charge in [0.15, 0.2) is 0 Å². The summed E-state index contributed by atoms with van der Waals surface area (Å²) in [5, 5.41) is 11.1. The van der Waals surface area contributed by atoms with E-state index in [0.29, 0.717) is 5.52 Å². The van der Waals surface area contributed by atoms with Gasteiger partial charge < -0.3 is 15.4 Å². The number of aromatic amines is 1. The van der Waals surface area contributed by atoms with E-state index in [9.17, 15) is 19.2 Å². The summed E-state index contributed by atoms with van der Waals surface area (Å²) in [7, 11) is 0. The zero-order valence-electron chi connectivity index (χ0n) is 11.1. The van der Waals surface area contributed by atoms with Crippen molar-refractivity contribution in [2.24, 2.45) is 0 Å². The van der Waals surface area contributed by atoms with Gasteiger partial charge in [-0.1, -0.05) is 12.1 Å². The molecule has 0 spiro atoms. The van der Waals surface area contributed by atoms with Crippen LogP contribution in [0.3, 0.4) is 0 Å². The number of nitrogens with zero attached hydrogens (tertiary/aromatic N) is 1. The molecule has 0 bridgehead atoms. The Bertz CT molecular complexity index is 820. The second kappa shape index (κ2) is 5.61. The van der Waals surface area contributed by atoms with Crippen LogP contribution >= 0.6 is 0 Å². The molecule has 8 heteroatoms. The number of hydrogen-bond donors (Lipinski definition) is 3. The lowest BCUT2D eigenvalue weighted by molar-refractivity contribution is -0.141. The molecule has 8 nitrogen and oxygen atoms in total.